The molecule has 3 N–H and O–H groups in total. The number of aliphatic hydroxyl groups is 1. The number of ether oxygens (including phenoxy) is 1. The molecule has 1 aromatic carbocycles. The van der Waals surface area contributed by atoms with E-state index < -0.39 is 17.6 Å². The summed E-state index contributed by atoms with van der Waals surface area (Å²) in [5, 5.41) is 20.0. The zero-order chi connectivity index (χ0) is 13.0. The summed E-state index contributed by atoms with van der Waals surface area (Å²) in [6.07, 6.45) is -1.40. The van der Waals surface area contributed by atoms with Crippen LogP contribution in [0.5, 0.6) is 5.75 Å². The van der Waals surface area contributed by atoms with Gasteiger partial charge in [0.05, 0.1) is 5.69 Å². The van der Waals surface area contributed by atoms with Crippen LogP contribution >= 0.6 is 11.6 Å². The van der Waals surface area contributed by atoms with Crippen molar-refractivity contribution in [2.75, 3.05) is 12.4 Å². The Hall–Kier alpha value is -1.30. The van der Waals surface area contributed by atoms with Crippen LogP contribution in [0.15, 0.2) is 18.2 Å². The van der Waals surface area contributed by atoms with Crippen LogP contribution in [0.2, 0.25) is 0 Å². The number of phenols is 1. The molecule has 17 heavy (non-hydrogen) atoms. The average molecular weight is 260 g/mol. The number of anilines is 1. The molecule has 0 saturated heterocycles. The Labute approximate surface area is 104 Å². The zero-order valence-electron chi connectivity index (χ0n) is 9.48. The SMILES string of the molecule is COC(O)C(Cl)C(=O)Nc1c(C)cccc1O. The second kappa shape index (κ2) is 5.86. The maximum Gasteiger partial charge on any atom is 0.247 e. The molecule has 1 amide bonds. The van der Waals surface area contributed by atoms with Gasteiger partial charge in [-0.25, -0.2) is 0 Å². The molecule has 6 heteroatoms. The summed E-state index contributed by atoms with van der Waals surface area (Å²) in [6.45, 7) is 1.73. The van der Waals surface area contributed by atoms with E-state index in [-0.39, 0.29) is 11.4 Å². The molecule has 0 heterocycles. The van der Waals surface area contributed by atoms with E-state index in [9.17, 15) is 15.0 Å². The fraction of sp³-hybridized carbons (Fsp3) is 0.364. The molecule has 0 aliphatic carbocycles. The number of hydrogen-bond acceptors (Lipinski definition) is 4. The van der Waals surface area contributed by atoms with E-state index in [0.29, 0.717) is 5.56 Å². The molecule has 2 unspecified atom stereocenters. The van der Waals surface area contributed by atoms with Gasteiger partial charge in [0.2, 0.25) is 5.91 Å². The van der Waals surface area contributed by atoms with Crippen LogP contribution < -0.4 is 5.32 Å². The van der Waals surface area contributed by atoms with E-state index in [1.807, 2.05) is 0 Å². The minimum atomic E-state index is -1.40. The lowest BCUT2D eigenvalue weighted by Gasteiger charge is -2.16. The van der Waals surface area contributed by atoms with Crippen molar-refractivity contribution in [2.24, 2.45) is 0 Å². The summed E-state index contributed by atoms with van der Waals surface area (Å²) < 4.78 is 4.53. The minimum absolute atomic E-state index is 0.0610. The van der Waals surface area contributed by atoms with Gasteiger partial charge in [-0.15, -0.1) is 11.6 Å². The summed E-state index contributed by atoms with van der Waals surface area (Å²) in [5.74, 6) is -0.709. The van der Waals surface area contributed by atoms with Crippen LogP contribution in [0, 0.1) is 6.92 Å². The van der Waals surface area contributed by atoms with Crippen LogP contribution in [0.1, 0.15) is 5.56 Å². The van der Waals surface area contributed by atoms with Crippen molar-refractivity contribution >= 4 is 23.2 Å². The predicted octanol–water partition coefficient (Wildman–Crippen LogP) is 1.21. The van der Waals surface area contributed by atoms with E-state index in [1.165, 1.54) is 13.2 Å². The number of alkyl halides is 1. The van der Waals surface area contributed by atoms with Crippen molar-refractivity contribution in [3.63, 3.8) is 0 Å². The molecule has 2 atom stereocenters. The van der Waals surface area contributed by atoms with Gasteiger partial charge in [0, 0.05) is 7.11 Å². The largest absolute Gasteiger partial charge is 0.506 e. The Kier molecular flexibility index (Phi) is 4.74. The predicted molar refractivity (Wildman–Crippen MR) is 64.1 cm³/mol. The van der Waals surface area contributed by atoms with Crippen molar-refractivity contribution in [1.82, 2.24) is 0 Å². The lowest BCUT2D eigenvalue weighted by molar-refractivity contribution is -0.127. The highest BCUT2D eigenvalue weighted by Gasteiger charge is 2.25. The summed E-state index contributed by atoms with van der Waals surface area (Å²) in [6, 6.07) is 4.83. The number of phenolic OH excluding ortho intramolecular Hbond substituents is 1. The molecule has 0 aromatic heterocycles. The number of aryl methyl sites for hydroxylation is 1. The first-order chi connectivity index (χ1) is 7.97. The van der Waals surface area contributed by atoms with Crippen LogP contribution in [0.25, 0.3) is 0 Å². The van der Waals surface area contributed by atoms with Gasteiger partial charge in [0.15, 0.2) is 11.7 Å². The Bertz CT molecular complexity index is 390. The van der Waals surface area contributed by atoms with Gasteiger partial charge in [0.25, 0.3) is 0 Å². The molecular formula is C11H14ClNO4. The molecule has 0 spiro atoms. The van der Waals surface area contributed by atoms with Gasteiger partial charge in [-0.2, -0.15) is 0 Å². The van der Waals surface area contributed by atoms with E-state index in [4.69, 9.17) is 11.6 Å². The van der Waals surface area contributed by atoms with Crippen molar-refractivity contribution in [1.29, 1.82) is 0 Å². The van der Waals surface area contributed by atoms with E-state index in [0.717, 1.165) is 0 Å². The highest BCUT2D eigenvalue weighted by atomic mass is 35.5. The van der Waals surface area contributed by atoms with Gasteiger partial charge in [-0.1, -0.05) is 12.1 Å². The zero-order valence-corrected chi connectivity index (χ0v) is 10.2. The number of aliphatic hydroxyl groups excluding tert-OH is 1. The Morgan fingerprint density at radius 2 is 2.18 bits per heavy atom. The average Bonchev–Trinajstić information content (AvgIpc) is 2.31. The van der Waals surface area contributed by atoms with Gasteiger partial charge in [-0.3, -0.25) is 4.79 Å². The van der Waals surface area contributed by atoms with E-state index >= 15 is 0 Å². The molecule has 0 fully saturated rings. The number of carbonyl (C=O) groups excluding carboxylic acids is 1. The quantitative estimate of drug-likeness (QED) is 0.431. The third-order valence-corrected chi connectivity index (χ3v) is 2.66. The molecule has 0 radical (unpaired) electrons. The molecule has 0 saturated carbocycles. The molecule has 1 rings (SSSR count). The van der Waals surface area contributed by atoms with E-state index in [2.05, 4.69) is 10.1 Å². The van der Waals surface area contributed by atoms with Crippen LogP contribution in [-0.4, -0.2) is 34.9 Å². The number of methoxy groups -OCH3 is 1. The molecule has 5 nitrogen and oxygen atoms in total. The number of aromatic hydroxyl groups is 1. The summed E-state index contributed by atoms with van der Waals surface area (Å²) in [7, 11) is 1.23. The number of rotatable bonds is 4. The van der Waals surface area contributed by atoms with Crippen LogP contribution in [0.4, 0.5) is 5.69 Å². The summed E-state index contributed by atoms with van der Waals surface area (Å²) in [4.78, 5) is 11.6. The van der Waals surface area contributed by atoms with Gasteiger partial charge in [0.1, 0.15) is 5.75 Å². The van der Waals surface area contributed by atoms with Crippen molar-refractivity contribution in [3.05, 3.63) is 23.8 Å². The smallest absolute Gasteiger partial charge is 0.247 e. The van der Waals surface area contributed by atoms with Gasteiger partial charge >= 0.3 is 0 Å². The van der Waals surface area contributed by atoms with Crippen LogP contribution in [-0.2, 0) is 9.53 Å². The number of nitrogens with one attached hydrogen (secondary N) is 1. The minimum Gasteiger partial charge on any atom is -0.506 e. The first-order valence-corrected chi connectivity index (χ1v) is 5.35. The Morgan fingerprint density at radius 1 is 1.53 bits per heavy atom. The number of carbonyl (C=O) groups is 1. The maximum atomic E-state index is 11.6. The van der Waals surface area contributed by atoms with Gasteiger partial charge in [-0.05, 0) is 18.6 Å². The van der Waals surface area contributed by atoms with Crippen LogP contribution in [0.3, 0.4) is 0 Å². The summed E-state index contributed by atoms with van der Waals surface area (Å²) in [5.41, 5.74) is 0.959. The van der Waals surface area contributed by atoms with Gasteiger partial charge < -0.3 is 20.3 Å². The van der Waals surface area contributed by atoms with E-state index in [1.54, 1.807) is 19.1 Å². The topological polar surface area (TPSA) is 78.8 Å². The highest BCUT2D eigenvalue weighted by molar-refractivity contribution is 6.33. The fourth-order valence-corrected chi connectivity index (χ4v) is 1.41. The van der Waals surface area contributed by atoms with Crippen molar-refractivity contribution in [2.45, 2.75) is 18.6 Å². The van der Waals surface area contributed by atoms with Crippen molar-refractivity contribution in [3.8, 4) is 5.75 Å². The first-order valence-electron chi connectivity index (χ1n) is 4.91. The molecule has 0 aliphatic heterocycles. The second-order valence-electron chi connectivity index (χ2n) is 3.49. The standard InChI is InChI=1S/C11H14ClNO4/c1-6-4-3-5-7(14)9(6)13-10(15)8(12)11(16)17-2/h3-5,8,11,14,16H,1-2H3,(H,13,15). The molecular weight excluding hydrogens is 246 g/mol. The fourth-order valence-electron chi connectivity index (χ4n) is 1.26. The monoisotopic (exact) mass is 259 g/mol. The number of para-hydroxylation sites is 1. The second-order valence-corrected chi connectivity index (χ2v) is 3.96. The Morgan fingerprint density at radius 3 is 2.71 bits per heavy atom. The van der Waals surface area contributed by atoms with Crippen molar-refractivity contribution < 1.29 is 19.7 Å². The number of halogens is 1. The lowest BCUT2D eigenvalue weighted by atomic mass is 10.2. The normalized spacial score (nSPS) is 14.1. The Balaban J connectivity index is 2.81. The molecule has 0 bridgehead atoms. The molecule has 0 aliphatic rings. The summed E-state index contributed by atoms with van der Waals surface area (Å²) >= 11 is 5.67. The number of hydrogen-bond donors (Lipinski definition) is 3. The third kappa shape index (κ3) is 3.33. The number of amides is 1. The third-order valence-electron chi connectivity index (χ3n) is 2.24. The molecule has 94 valence electrons. The number of benzene rings is 1. The lowest BCUT2D eigenvalue weighted by Crippen LogP contribution is -2.35. The maximum absolute atomic E-state index is 11.6. The highest BCUT2D eigenvalue weighted by Crippen LogP contribution is 2.26. The molecule has 1 aromatic rings. The first kappa shape index (κ1) is 13.8.